The summed E-state index contributed by atoms with van der Waals surface area (Å²) in [6.45, 7) is 3.49. The zero-order valence-corrected chi connectivity index (χ0v) is 13.9. The Kier molecular flexibility index (Phi) is 4.88. The molecule has 0 aliphatic carbocycles. The van der Waals surface area contributed by atoms with Crippen molar-refractivity contribution >= 4 is 33.1 Å². The smallest absolute Gasteiger partial charge is 0.264 e. The van der Waals surface area contributed by atoms with E-state index in [-0.39, 0.29) is 10.7 Å². The van der Waals surface area contributed by atoms with E-state index in [1.165, 1.54) is 35.5 Å². The van der Waals surface area contributed by atoms with Gasteiger partial charge in [0.2, 0.25) is 0 Å². The van der Waals surface area contributed by atoms with Crippen molar-refractivity contribution in [1.29, 1.82) is 0 Å². The number of sulfonamides is 1. The van der Waals surface area contributed by atoms with Crippen LogP contribution in [-0.2, 0) is 10.0 Å². The third kappa shape index (κ3) is 3.31. The standard InChI is InChI=1S/C16H16ClNO3S/c1-3-18(15-8-6-14(17)7-9-15)22(20,21)16-10-4-13(5-11-16)12(2)19/h4-11H,3H2,1-2H3. The predicted molar refractivity (Wildman–Crippen MR) is 88.1 cm³/mol. The van der Waals surface area contributed by atoms with Gasteiger partial charge >= 0.3 is 0 Å². The number of rotatable bonds is 5. The Morgan fingerprint density at radius 2 is 1.59 bits per heavy atom. The summed E-state index contributed by atoms with van der Waals surface area (Å²) in [4.78, 5) is 11.4. The summed E-state index contributed by atoms with van der Waals surface area (Å²) >= 11 is 5.84. The van der Waals surface area contributed by atoms with E-state index in [0.717, 1.165) is 0 Å². The molecular formula is C16H16ClNO3S. The zero-order chi connectivity index (χ0) is 16.3. The quantitative estimate of drug-likeness (QED) is 0.781. The summed E-state index contributed by atoms with van der Waals surface area (Å²) in [5.41, 5.74) is 1.02. The van der Waals surface area contributed by atoms with Crippen LogP contribution in [0.5, 0.6) is 0 Å². The molecule has 22 heavy (non-hydrogen) atoms. The fourth-order valence-corrected chi connectivity index (χ4v) is 3.69. The molecule has 0 bridgehead atoms. The number of halogens is 1. The Labute approximate surface area is 135 Å². The third-order valence-electron chi connectivity index (χ3n) is 3.25. The maximum absolute atomic E-state index is 12.7. The van der Waals surface area contributed by atoms with Crippen molar-refractivity contribution in [2.75, 3.05) is 10.8 Å². The molecule has 0 heterocycles. The Morgan fingerprint density at radius 1 is 1.05 bits per heavy atom. The normalized spacial score (nSPS) is 11.2. The second kappa shape index (κ2) is 6.50. The van der Waals surface area contributed by atoms with E-state index in [1.807, 2.05) is 0 Å². The predicted octanol–water partition coefficient (Wildman–Crippen LogP) is 3.76. The molecule has 0 aromatic heterocycles. The fraction of sp³-hybridized carbons (Fsp3) is 0.188. The molecule has 2 aromatic carbocycles. The average Bonchev–Trinajstić information content (AvgIpc) is 2.50. The van der Waals surface area contributed by atoms with Crippen molar-refractivity contribution < 1.29 is 13.2 Å². The van der Waals surface area contributed by atoms with E-state index in [9.17, 15) is 13.2 Å². The van der Waals surface area contributed by atoms with Crippen LogP contribution in [0.15, 0.2) is 53.4 Å². The van der Waals surface area contributed by atoms with Gasteiger partial charge in [-0.05, 0) is 50.2 Å². The van der Waals surface area contributed by atoms with E-state index in [4.69, 9.17) is 11.6 Å². The molecule has 2 aromatic rings. The van der Waals surface area contributed by atoms with Gasteiger partial charge in [0, 0.05) is 17.1 Å². The lowest BCUT2D eigenvalue weighted by molar-refractivity contribution is 0.101. The van der Waals surface area contributed by atoms with Gasteiger partial charge in [-0.25, -0.2) is 8.42 Å². The first-order valence-electron chi connectivity index (χ1n) is 6.75. The molecule has 0 amide bonds. The van der Waals surface area contributed by atoms with Gasteiger partial charge in [0.05, 0.1) is 10.6 Å². The SMILES string of the molecule is CCN(c1ccc(Cl)cc1)S(=O)(=O)c1ccc(C(C)=O)cc1. The number of Topliss-reactive ketones (excluding diaryl/α,β-unsaturated/α-hetero) is 1. The average molecular weight is 338 g/mol. The van der Waals surface area contributed by atoms with Crippen LogP contribution in [0.3, 0.4) is 0 Å². The molecule has 6 heteroatoms. The number of hydrogen-bond donors (Lipinski definition) is 0. The number of hydrogen-bond acceptors (Lipinski definition) is 3. The largest absolute Gasteiger partial charge is 0.295 e. The Bertz CT molecular complexity index is 768. The molecule has 2 rings (SSSR count). The highest BCUT2D eigenvalue weighted by Crippen LogP contribution is 2.25. The zero-order valence-electron chi connectivity index (χ0n) is 12.3. The molecule has 4 nitrogen and oxygen atoms in total. The molecule has 0 radical (unpaired) electrons. The van der Waals surface area contributed by atoms with E-state index in [0.29, 0.717) is 22.8 Å². The molecule has 0 spiro atoms. The molecule has 0 fully saturated rings. The maximum atomic E-state index is 12.7. The molecule has 0 unspecified atom stereocenters. The van der Waals surface area contributed by atoms with Crippen molar-refractivity contribution in [3.05, 3.63) is 59.1 Å². The van der Waals surface area contributed by atoms with Gasteiger partial charge in [-0.1, -0.05) is 23.7 Å². The first-order valence-corrected chi connectivity index (χ1v) is 8.57. The topological polar surface area (TPSA) is 54.5 Å². The number of carbonyl (C=O) groups excluding carboxylic acids is 1. The monoisotopic (exact) mass is 337 g/mol. The molecule has 0 aliphatic heterocycles. The van der Waals surface area contributed by atoms with Crippen molar-refractivity contribution in [2.24, 2.45) is 0 Å². The summed E-state index contributed by atoms with van der Waals surface area (Å²) in [6.07, 6.45) is 0. The van der Waals surface area contributed by atoms with E-state index in [2.05, 4.69) is 0 Å². The summed E-state index contributed by atoms with van der Waals surface area (Å²) in [7, 11) is -3.68. The Hall–Kier alpha value is -1.85. The second-order valence-corrected chi connectivity index (χ2v) is 7.03. The minimum atomic E-state index is -3.68. The number of carbonyl (C=O) groups is 1. The minimum absolute atomic E-state index is 0.103. The maximum Gasteiger partial charge on any atom is 0.264 e. The molecule has 0 aliphatic rings. The first-order chi connectivity index (χ1) is 10.4. The van der Waals surface area contributed by atoms with Gasteiger partial charge in [-0.2, -0.15) is 0 Å². The molecule has 0 saturated carbocycles. The van der Waals surface area contributed by atoms with Crippen LogP contribution < -0.4 is 4.31 Å². The third-order valence-corrected chi connectivity index (χ3v) is 5.42. The summed E-state index contributed by atoms with van der Waals surface area (Å²) in [6, 6.07) is 12.5. The lowest BCUT2D eigenvalue weighted by atomic mass is 10.2. The van der Waals surface area contributed by atoms with Crippen molar-refractivity contribution in [2.45, 2.75) is 18.7 Å². The summed E-state index contributed by atoms with van der Waals surface area (Å²) < 4.78 is 26.8. The van der Waals surface area contributed by atoms with Gasteiger partial charge in [-0.3, -0.25) is 9.10 Å². The highest BCUT2D eigenvalue weighted by Gasteiger charge is 2.23. The van der Waals surface area contributed by atoms with E-state index < -0.39 is 10.0 Å². The van der Waals surface area contributed by atoms with Gasteiger partial charge in [0.25, 0.3) is 10.0 Å². The van der Waals surface area contributed by atoms with Gasteiger partial charge in [0.15, 0.2) is 5.78 Å². The van der Waals surface area contributed by atoms with Crippen molar-refractivity contribution in [1.82, 2.24) is 0 Å². The van der Waals surface area contributed by atoms with Gasteiger partial charge in [0.1, 0.15) is 0 Å². The molecule has 0 saturated heterocycles. The van der Waals surface area contributed by atoms with Crippen LogP contribution in [0.25, 0.3) is 0 Å². The molecular weight excluding hydrogens is 322 g/mol. The van der Waals surface area contributed by atoms with Gasteiger partial charge < -0.3 is 0 Å². The molecule has 0 N–H and O–H groups in total. The fourth-order valence-electron chi connectivity index (χ4n) is 2.09. The van der Waals surface area contributed by atoms with Crippen LogP contribution in [0.2, 0.25) is 5.02 Å². The number of benzene rings is 2. The van der Waals surface area contributed by atoms with Crippen molar-refractivity contribution in [3.8, 4) is 0 Å². The summed E-state index contributed by atoms with van der Waals surface area (Å²) in [5, 5.41) is 0.544. The highest BCUT2D eigenvalue weighted by molar-refractivity contribution is 7.92. The molecule has 0 atom stereocenters. The lowest BCUT2D eigenvalue weighted by Crippen LogP contribution is -2.30. The Balaban J connectivity index is 2.42. The second-order valence-electron chi connectivity index (χ2n) is 4.73. The van der Waals surface area contributed by atoms with Crippen LogP contribution in [-0.4, -0.2) is 20.7 Å². The van der Waals surface area contributed by atoms with Crippen LogP contribution >= 0.6 is 11.6 Å². The van der Waals surface area contributed by atoms with Crippen LogP contribution in [0, 0.1) is 0 Å². The molecule has 116 valence electrons. The van der Waals surface area contributed by atoms with Crippen LogP contribution in [0.1, 0.15) is 24.2 Å². The first kappa shape index (κ1) is 16.5. The minimum Gasteiger partial charge on any atom is -0.295 e. The van der Waals surface area contributed by atoms with Crippen molar-refractivity contribution in [3.63, 3.8) is 0 Å². The summed E-state index contributed by atoms with van der Waals surface area (Å²) in [5.74, 6) is -0.103. The van der Waals surface area contributed by atoms with E-state index in [1.54, 1.807) is 31.2 Å². The van der Waals surface area contributed by atoms with E-state index >= 15 is 0 Å². The van der Waals surface area contributed by atoms with Gasteiger partial charge in [-0.15, -0.1) is 0 Å². The van der Waals surface area contributed by atoms with Crippen LogP contribution in [0.4, 0.5) is 5.69 Å². The number of anilines is 1. The lowest BCUT2D eigenvalue weighted by Gasteiger charge is -2.23. The number of ketones is 1. The number of nitrogens with zero attached hydrogens (tertiary/aromatic N) is 1. The highest BCUT2D eigenvalue weighted by atomic mass is 35.5. The Morgan fingerprint density at radius 3 is 2.05 bits per heavy atom.